The minimum absolute atomic E-state index is 0.631. The van der Waals surface area contributed by atoms with Gasteiger partial charge in [-0.05, 0) is 31.8 Å². The Morgan fingerprint density at radius 1 is 1.41 bits per heavy atom. The lowest BCUT2D eigenvalue weighted by Crippen LogP contribution is -2.40. The third kappa shape index (κ3) is 3.01. The van der Waals surface area contributed by atoms with E-state index in [0.717, 1.165) is 25.3 Å². The van der Waals surface area contributed by atoms with Gasteiger partial charge in [-0.3, -0.25) is 14.9 Å². The van der Waals surface area contributed by atoms with Gasteiger partial charge < -0.3 is 5.73 Å². The standard InChI is InChI=1S/C13H22N4/c1-2-17(10-12-9-15-6-7-16-12)13-5-3-4-11(13)8-14/h6-7,9,11,13H,2-5,8,10,14H2,1H3. The van der Waals surface area contributed by atoms with Crippen molar-refractivity contribution in [3.05, 3.63) is 24.3 Å². The van der Waals surface area contributed by atoms with Crippen molar-refractivity contribution >= 4 is 0 Å². The van der Waals surface area contributed by atoms with Gasteiger partial charge in [-0.25, -0.2) is 0 Å². The monoisotopic (exact) mass is 234 g/mol. The highest BCUT2D eigenvalue weighted by Gasteiger charge is 2.30. The van der Waals surface area contributed by atoms with Crippen molar-refractivity contribution in [1.29, 1.82) is 0 Å². The fourth-order valence-corrected chi connectivity index (χ4v) is 2.86. The number of rotatable bonds is 5. The van der Waals surface area contributed by atoms with Gasteiger partial charge in [-0.1, -0.05) is 13.3 Å². The van der Waals surface area contributed by atoms with E-state index in [1.165, 1.54) is 19.3 Å². The van der Waals surface area contributed by atoms with Gasteiger partial charge in [0.25, 0.3) is 0 Å². The Morgan fingerprint density at radius 2 is 2.29 bits per heavy atom. The molecule has 1 aromatic rings. The van der Waals surface area contributed by atoms with Crippen molar-refractivity contribution in [3.8, 4) is 0 Å². The highest BCUT2D eigenvalue weighted by atomic mass is 15.2. The molecule has 0 aromatic carbocycles. The van der Waals surface area contributed by atoms with Crippen LogP contribution in [-0.2, 0) is 6.54 Å². The highest BCUT2D eigenvalue weighted by Crippen LogP contribution is 2.29. The molecule has 0 aliphatic heterocycles. The molecule has 1 aliphatic rings. The summed E-state index contributed by atoms with van der Waals surface area (Å²) in [4.78, 5) is 11.0. The van der Waals surface area contributed by atoms with Gasteiger partial charge in [0.15, 0.2) is 0 Å². The molecular formula is C13H22N4. The summed E-state index contributed by atoms with van der Waals surface area (Å²) in [6, 6.07) is 0.631. The van der Waals surface area contributed by atoms with Crippen LogP contribution in [0.25, 0.3) is 0 Å². The lowest BCUT2D eigenvalue weighted by atomic mass is 10.0. The van der Waals surface area contributed by atoms with Crippen LogP contribution in [-0.4, -0.2) is 34.0 Å². The Bertz CT molecular complexity index is 327. The SMILES string of the molecule is CCN(Cc1cnccn1)C1CCCC1CN. The molecule has 1 heterocycles. The molecule has 17 heavy (non-hydrogen) atoms. The molecule has 2 N–H and O–H groups in total. The van der Waals surface area contributed by atoms with Crippen molar-refractivity contribution in [2.45, 2.75) is 38.8 Å². The number of aromatic nitrogens is 2. The first-order valence-corrected chi connectivity index (χ1v) is 6.54. The number of nitrogens with zero attached hydrogens (tertiary/aromatic N) is 3. The van der Waals surface area contributed by atoms with Crippen molar-refractivity contribution < 1.29 is 0 Å². The zero-order valence-corrected chi connectivity index (χ0v) is 10.5. The minimum atomic E-state index is 0.631. The maximum Gasteiger partial charge on any atom is 0.0726 e. The fourth-order valence-electron chi connectivity index (χ4n) is 2.86. The molecule has 0 amide bonds. The van der Waals surface area contributed by atoms with Crippen molar-refractivity contribution in [1.82, 2.24) is 14.9 Å². The summed E-state index contributed by atoms with van der Waals surface area (Å²) >= 11 is 0. The lowest BCUT2D eigenvalue weighted by molar-refractivity contribution is 0.160. The Morgan fingerprint density at radius 3 is 2.94 bits per heavy atom. The van der Waals surface area contributed by atoms with Crippen LogP contribution in [0.15, 0.2) is 18.6 Å². The van der Waals surface area contributed by atoms with Crippen LogP contribution in [0.2, 0.25) is 0 Å². The number of hydrogen-bond acceptors (Lipinski definition) is 4. The van der Waals surface area contributed by atoms with Crippen LogP contribution in [0.3, 0.4) is 0 Å². The lowest BCUT2D eigenvalue weighted by Gasteiger charge is -2.31. The summed E-state index contributed by atoms with van der Waals surface area (Å²) in [5.74, 6) is 0.659. The summed E-state index contributed by atoms with van der Waals surface area (Å²) in [5, 5.41) is 0. The van der Waals surface area contributed by atoms with E-state index in [-0.39, 0.29) is 0 Å². The van der Waals surface area contributed by atoms with Gasteiger partial charge in [0.2, 0.25) is 0 Å². The van der Waals surface area contributed by atoms with Crippen molar-refractivity contribution in [2.24, 2.45) is 11.7 Å². The van der Waals surface area contributed by atoms with Crippen LogP contribution in [0.4, 0.5) is 0 Å². The van der Waals surface area contributed by atoms with E-state index in [2.05, 4.69) is 21.8 Å². The molecule has 1 aromatic heterocycles. The summed E-state index contributed by atoms with van der Waals surface area (Å²) in [7, 11) is 0. The molecule has 1 saturated carbocycles. The van der Waals surface area contributed by atoms with Gasteiger partial charge in [-0.2, -0.15) is 0 Å². The van der Waals surface area contributed by atoms with Gasteiger partial charge in [0.05, 0.1) is 5.69 Å². The van der Waals surface area contributed by atoms with E-state index in [9.17, 15) is 0 Å². The van der Waals surface area contributed by atoms with Crippen LogP contribution in [0, 0.1) is 5.92 Å². The molecule has 94 valence electrons. The van der Waals surface area contributed by atoms with E-state index in [1.54, 1.807) is 12.4 Å². The molecule has 4 heteroatoms. The molecule has 0 spiro atoms. The van der Waals surface area contributed by atoms with E-state index >= 15 is 0 Å². The molecule has 4 nitrogen and oxygen atoms in total. The molecule has 1 fully saturated rings. The van der Waals surface area contributed by atoms with E-state index < -0.39 is 0 Å². The summed E-state index contributed by atoms with van der Waals surface area (Å²) in [6.45, 7) is 4.97. The van der Waals surface area contributed by atoms with E-state index in [0.29, 0.717) is 12.0 Å². The van der Waals surface area contributed by atoms with Crippen LogP contribution in [0.1, 0.15) is 31.9 Å². The predicted molar refractivity (Wildman–Crippen MR) is 68.3 cm³/mol. The number of hydrogen-bond donors (Lipinski definition) is 1. The predicted octanol–water partition coefficient (Wildman–Crippen LogP) is 1.43. The Balaban J connectivity index is 2.01. The van der Waals surface area contributed by atoms with Crippen LogP contribution in [0.5, 0.6) is 0 Å². The summed E-state index contributed by atoms with van der Waals surface area (Å²) in [6.07, 6.45) is 9.20. The summed E-state index contributed by atoms with van der Waals surface area (Å²) in [5.41, 5.74) is 6.91. The largest absolute Gasteiger partial charge is 0.330 e. The smallest absolute Gasteiger partial charge is 0.0726 e. The van der Waals surface area contributed by atoms with Crippen molar-refractivity contribution in [3.63, 3.8) is 0 Å². The second-order valence-corrected chi connectivity index (χ2v) is 4.75. The number of nitrogens with two attached hydrogens (primary N) is 1. The van der Waals surface area contributed by atoms with E-state index in [1.807, 2.05) is 6.20 Å². The third-order valence-electron chi connectivity index (χ3n) is 3.78. The third-order valence-corrected chi connectivity index (χ3v) is 3.78. The molecule has 2 unspecified atom stereocenters. The van der Waals surface area contributed by atoms with Gasteiger partial charge >= 0.3 is 0 Å². The van der Waals surface area contributed by atoms with E-state index in [4.69, 9.17) is 5.73 Å². The first-order chi connectivity index (χ1) is 8.35. The first-order valence-electron chi connectivity index (χ1n) is 6.54. The molecule has 1 aliphatic carbocycles. The maximum absolute atomic E-state index is 5.86. The van der Waals surface area contributed by atoms with Gasteiger partial charge in [0, 0.05) is 31.2 Å². The molecule has 2 rings (SSSR count). The maximum atomic E-state index is 5.86. The normalized spacial score (nSPS) is 24.4. The second-order valence-electron chi connectivity index (χ2n) is 4.75. The first kappa shape index (κ1) is 12.5. The zero-order chi connectivity index (χ0) is 12.1. The quantitative estimate of drug-likeness (QED) is 0.837. The molecule has 0 radical (unpaired) electrons. The zero-order valence-electron chi connectivity index (χ0n) is 10.5. The van der Waals surface area contributed by atoms with Crippen LogP contribution < -0.4 is 5.73 Å². The van der Waals surface area contributed by atoms with Crippen LogP contribution >= 0.6 is 0 Å². The molecule has 0 bridgehead atoms. The highest BCUT2D eigenvalue weighted by molar-refractivity contribution is 4.96. The summed E-state index contributed by atoms with van der Waals surface area (Å²) < 4.78 is 0. The Kier molecular flexibility index (Phi) is 4.45. The molecule has 2 atom stereocenters. The minimum Gasteiger partial charge on any atom is -0.330 e. The second kappa shape index (κ2) is 6.07. The fraction of sp³-hybridized carbons (Fsp3) is 0.692. The van der Waals surface area contributed by atoms with Gasteiger partial charge in [-0.15, -0.1) is 0 Å². The molecular weight excluding hydrogens is 212 g/mol. The van der Waals surface area contributed by atoms with Gasteiger partial charge in [0.1, 0.15) is 0 Å². The Hall–Kier alpha value is -1.00. The average molecular weight is 234 g/mol. The topological polar surface area (TPSA) is 55.0 Å². The Labute approximate surface area is 103 Å². The average Bonchev–Trinajstić information content (AvgIpc) is 2.85. The molecule has 0 saturated heterocycles. The van der Waals surface area contributed by atoms with Crippen molar-refractivity contribution in [2.75, 3.05) is 13.1 Å².